The maximum Gasteiger partial charge on any atom is 0.127 e. The Kier molecular flexibility index (Phi) is 3.74. The first-order valence-corrected chi connectivity index (χ1v) is 5.94. The average molecular weight is 240 g/mol. The molecule has 1 aromatic rings. The summed E-state index contributed by atoms with van der Waals surface area (Å²) in [4.78, 5) is 0. The molecule has 2 rings (SSSR count). The lowest BCUT2D eigenvalue weighted by Crippen LogP contribution is -2.31. The normalized spacial score (nSPS) is 17.1. The van der Waals surface area contributed by atoms with Gasteiger partial charge in [0.05, 0.1) is 0 Å². The van der Waals surface area contributed by atoms with Crippen LogP contribution in [0.25, 0.3) is 0 Å². The predicted octanol–water partition coefficient (Wildman–Crippen LogP) is 2.05. The molecule has 0 unspecified atom stereocenters. The number of nitrogens with one attached hydrogen (secondary N) is 2. The zero-order valence-corrected chi connectivity index (χ0v) is 10.0. The van der Waals surface area contributed by atoms with Crippen molar-refractivity contribution in [2.45, 2.75) is 19.4 Å². The Bertz CT molecular complexity index is 389. The molecule has 0 atom stereocenters. The minimum atomic E-state index is -0.389. The fourth-order valence-electron chi connectivity index (χ4n) is 2.11. The molecular formula is C13H18F2N2. The first-order valence-electron chi connectivity index (χ1n) is 5.94. The van der Waals surface area contributed by atoms with E-state index < -0.39 is 0 Å². The summed E-state index contributed by atoms with van der Waals surface area (Å²) in [5.74, 6) is -0.739. The second kappa shape index (κ2) is 5.10. The highest BCUT2D eigenvalue weighted by Gasteiger charge is 2.41. The largest absolute Gasteiger partial charge is 0.319 e. The predicted molar refractivity (Wildman–Crippen MR) is 63.7 cm³/mol. The van der Waals surface area contributed by atoms with Gasteiger partial charge >= 0.3 is 0 Å². The van der Waals surface area contributed by atoms with Crippen molar-refractivity contribution in [3.8, 4) is 0 Å². The third kappa shape index (κ3) is 3.23. The van der Waals surface area contributed by atoms with E-state index in [2.05, 4.69) is 10.6 Å². The summed E-state index contributed by atoms with van der Waals surface area (Å²) in [7, 11) is 1.94. The van der Waals surface area contributed by atoms with E-state index in [-0.39, 0.29) is 11.6 Å². The molecule has 0 amide bonds. The molecular weight excluding hydrogens is 222 g/mol. The Morgan fingerprint density at radius 2 is 2.00 bits per heavy atom. The van der Waals surface area contributed by atoms with Crippen molar-refractivity contribution in [1.29, 1.82) is 0 Å². The van der Waals surface area contributed by atoms with Crippen LogP contribution < -0.4 is 10.6 Å². The molecule has 0 aliphatic heterocycles. The van der Waals surface area contributed by atoms with E-state index in [1.807, 2.05) is 7.05 Å². The molecule has 94 valence electrons. The topological polar surface area (TPSA) is 24.1 Å². The van der Waals surface area contributed by atoms with Crippen LogP contribution in [0.3, 0.4) is 0 Å². The van der Waals surface area contributed by atoms with Crippen LogP contribution >= 0.6 is 0 Å². The molecule has 17 heavy (non-hydrogen) atoms. The summed E-state index contributed by atoms with van der Waals surface area (Å²) >= 11 is 0. The van der Waals surface area contributed by atoms with E-state index in [1.165, 1.54) is 25.0 Å². The standard InChI is InChI=1S/C13H18F2N2/c1-16-8-13(4-5-13)9-17-7-10-6-11(14)2-3-12(10)15/h2-3,6,16-17H,4-5,7-9H2,1H3. The fraction of sp³-hybridized carbons (Fsp3) is 0.538. The van der Waals surface area contributed by atoms with Gasteiger partial charge in [0.15, 0.2) is 0 Å². The highest BCUT2D eigenvalue weighted by molar-refractivity contribution is 5.18. The van der Waals surface area contributed by atoms with E-state index in [0.29, 0.717) is 17.5 Å². The highest BCUT2D eigenvalue weighted by Crippen LogP contribution is 2.44. The van der Waals surface area contributed by atoms with Gasteiger partial charge in [0.25, 0.3) is 0 Å². The van der Waals surface area contributed by atoms with Gasteiger partial charge in [-0.05, 0) is 43.5 Å². The molecule has 1 fully saturated rings. The van der Waals surface area contributed by atoms with Gasteiger partial charge in [-0.3, -0.25) is 0 Å². The van der Waals surface area contributed by atoms with Crippen molar-refractivity contribution >= 4 is 0 Å². The summed E-state index contributed by atoms with van der Waals surface area (Å²) in [6, 6.07) is 3.56. The quantitative estimate of drug-likeness (QED) is 0.795. The maximum atomic E-state index is 13.3. The van der Waals surface area contributed by atoms with E-state index in [4.69, 9.17) is 0 Å². The minimum Gasteiger partial charge on any atom is -0.319 e. The second-order valence-corrected chi connectivity index (χ2v) is 4.87. The van der Waals surface area contributed by atoms with Crippen molar-refractivity contribution in [3.05, 3.63) is 35.4 Å². The Morgan fingerprint density at radius 3 is 2.65 bits per heavy atom. The first-order chi connectivity index (χ1) is 8.15. The van der Waals surface area contributed by atoms with Crippen molar-refractivity contribution in [1.82, 2.24) is 10.6 Å². The summed E-state index contributed by atoms with van der Waals surface area (Å²) < 4.78 is 26.3. The Hall–Kier alpha value is -1.00. The molecule has 0 heterocycles. The van der Waals surface area contributed by atoms with E-state index in [9.17, 15) is 8.78 Å². The summed E-state index contributed by atoms with van der Waals surface area (Å²) in [6.07, 6.45) is 2.40. The Morgan fingerprint density at radius 1 is 1.24 bits per heavy atom. The third-order valence-electron chi connectivity index (χ3n) is 3.33. The van der Waals surface area contributed by atoms with Crippen molar-refractivity contribution < 1.29 is 8.78 Å². The van der Waals surface area contributed by atoms with Crippen LogP contribution in [0.1, 0.15) is 18.4 Å². The van der Waals surface area contributed by atoms with Crippen LogP contribution in [0, 0.1) is 17.0 Å². The van der Waals surface area contributed by atoms with Gasteiger partial charge in [0.1, 0.15) is 11.6 Å². The number of hydrogen-bond acceptors (Lipinski definition) is 2. The maximum absolute atomic E-state index is 13.3. The van der Waals surface area contributed by atoms with Gasteiger partial charge in [0.2, 0.25) is 0 Å². The van der Waals surface area contributed by atoms with Crippen LogP contribution in [0.2, 0.25) is 0 Å². The molecule has 0 radical (unpaired) electrons. The Labute approximate surface area is 100 Å². The van der Waals surface area contributed by atoms with Gasteiger partial charge < -0.3 is 10.6 Å². The van der Waals surface area contributed by atoms with Crippen LogP contribution in [0.15, 0.2) is 18.2 Å². The lowest BCUT2D eigenvalue weighted by molar-refractivity contribution is 0.435. The molecule has 1 saturated carbocycles. The second-order valence-electron chi connectivity index (χ2n) is 4.87. The Balaban J connectivity index is 1.84. The van der Waals surface area contributed by atoms with Crippen LogP contribution in [0.5, 0.6) is 0 Å². The number of halogens is 2. The zero-order chi connectivity index (χ0) is 12.3. The molecule has 4 heteroatoms. The molecule has 0 bridgehead atoms. The van der Waals surface area contributed by atoms with Gasteiger partial charge in [-0.15, -0.1) is 0 Å². The van der Waals surface area contributed by atoms with E-state index in [0.717, 1.165) is 19.2 Å². The molecule has 1 aliphatic rings. The molecule has 1 aromatic carbocycles. The van der Waals surface area contributed by atoms with Crippen LogP contribution in [0.4, 0.5) is 8.78 Å². The van der Waals surface area contributed by atoms with Gasteiger partial charge in [0, 0.05) is 25.2 Å². The molecule has 1 aliphatic carbocycles. The molecule has 0 aromatic heterocycles. The summed E-state index contributed by atoms with van der Waals surface area (Å²) in [6.45, 7) is 2.21. The van der Waals surface area contributed by atoms with E-state index >= 15 is 0 Å². The van der Waals surface area contributed by atoms with Crippen LogP contribution in [-0.4, -0.2) is 20.1 Å². The van der Waals surface area contributed by atoms with Crippen molar-refractivity contribution in [2.75, 3.05) is 20.1 Å². The van der Waals surface area contributed by atoms with Gasteiger partial charge in [-0.2, -0.15) is 0 Å². The molecule has 0 spiro atoms. The monoisotopic (exact) mass is 240 g/mol. The number of hydrogen-bond donors (Lipinski definition) is 2. The first kappa shape index (κ1) is 12.5. The zero-order valence-electron chi connectivity index (χ0n) is 10.0. The minimum absolute atomic E-state index is 0.332. The fourth-order valence-corrected chi connectivity index (χ4v) is 2.11. The number of rotatable bonds is 6. The van der Waals surface area contributed by atoms with Crippen molar-refractivity contribution in [2.24, 2.45) is 5.41 Å². The van der Waals surface area contributed by atoms with Gasteiger partial charge in [-0.1, -0.05) is 0 Å². The summed E-state index contributed by atoms with van der Waals surface area (Å²) in [5.41, 5.74) is 0.726. The molecule has 0 saturated heterocycles. The number of benzene rings is 1. The van der Waals surface area contributed by atoms with Gasteiger partial charge in [-0.25, -0.2) is 8.78 Å². The molecule has 2 nitrogen and oxygen atoms in total. The highest BCUT2D eigenvalue weighted by atomic mass is 19.1. The lowest BCUT2D eigenvalue weighted by Gasteiger charge is -2.15. The summed E-state index contributed by atoms with van der Waals surface area (Å²) in [5, 5.41) is 6.38. The third-order valence-corrected chi connectivity index (χ3v) is 3.33. The van der Waals surface area contributed by atoms with E-state index in [1.54, 1.807) is 0 Å². The average Bonchev–Trinajstić information content (AvgIpc) is 3.04. The van der Waals surface area contributed by atoms with Crippen molar-refractivity contribution in [3.63, 3.8) is 0 Å². The lowest BCUT2D eigenvalue weighted by atomic mass is 10.1. The SMILES string of the molecule is CNCC1(CNCc2cc(F)ccc2F)CC1. The molecule has 2 N–H and O–H groups in total. The van der Waals surface area contributed by atoms with Crippen LogP contribution in [-0.2, 0) is 6.54 Å². The smallest absolute Gasteiger partial charge is 0.127 e.